The van der Waals surface area contributed by atoms with E-state index in [9.17, 15) is 0 Å². The van der Waals surface area contributed by atoms with Crippen molar-refractivity contribution in [2.75, 3.05) is 0 Å². The van der Waals surface area contributed by atoms with Gasteiger partial charge in [-0.2, -0.15) is 0 Å². The van der Waals surface area contributed by atoms with Gasteiger partial charge in [0.1, 0.15) is 0 Å². The molecule has 3 heteroatoms. The molecule has 0 atom stereocenters. The van der Waals surface area contributed by atoms with E-state index in [4.69, 9.17) is 0 Å². The van der Waals surface area contributed by atoms with E-state index in [2.05, 4.69) is 91.0 Å². The Balaban J connectivity index is 0.00000112. The van der Waals surface area contributed by atoms with Gasteiger partial charge in [0, 0.05) is 0 Å². The summed E-state index contributed by atoms with van der Waals surface area (Å²) in [4.78, 5) is 0. The molecule has 1 aliphatic rings. The van der Waals surface area contributed by atoms with Gasteiger partial charge in [0.25, 0.3) is 0 Å². The summed E-state index contributed by atoms with van der Waals surface area (Å²) in [5, 5.41) is 0. The molecule has 0 aromatic heterocycles. The van der Waals surface area contributed by atoms with Crippen LogP contribution in [0.1, 0.15) is 11.1 Å². The Morgan fingerprint density at radius 1 is 0.536 bits per heavy atom. The van der Waals surface area contributed by atoms with Crippen LogP contribution in [-0.2, 0) is 31.1 Å². The fraction of sp³-hybridized carbons (Fsp3) is 0.0400. The zero-order valence-electron chi connectivity index (χ0n) is 15.1. The van der Waals surface area contributed by atoms with Crippen LogP contribution in [0.25, 0.3) is 33.4 Å². The predicted molar refractivity (Wildman–Crippen MR) is 105 cm³/mol. The molecule has 5 rings (SSSR count). The molecular weight excluding hydrogens is 462 g/mol. The Labute approximate surface area is 193 Å². The molecule has 0 heterocycles. The summed E-state index contributed by atoms with van der Waals surface area (Å²) in [6.07, 6.45) is 1.05. The first-order valence-corrected chi connectivity index (χ1v) is 10.2. The van der Waals surface area contributed by atoms with Crippen molar-refractivity contribution in [1.29, 1.82) is 0 Å². The first-order valence-electron chi connectivity index (χ1n) is 8.93. The van der Waals surface area contributed by atoms with Gasteiger partial charge < -0.3 is 24.8 Å². The van der Waals surface area contributed by atoms with Crippen molar-refractivity contribution < 1.29 is 49.5 Å². The maximum absolute atomic E-state index is 2.38. The summed E-state index contributed by atoms with van der Waals surface area (Å²) in [7, 11) is 0. The molecule has 28 heavy (non-hydrogen) atoms. The number of benzene rings is 4. The topological polar surface area (TPSA) is 0 Å². The van der Waals surface area contributed by atoms with E-state index >= 15 is 0 Å². The molecule has 0 bridgehead atoms. The van der Waals surface area contributed by atoms with Crippen molar-refractivity contribution in [2.45, 2.75) is 6.42 Å². The quantitative estimate of drug-likeness (QED) is 0.328. The third-order valence-corrected chi connectivity index (χ3v) is 6.67. The number of rotatable bonds is 2. The van der Waals surface area contributed by atoms with Gasteiger partial charge in [0.2, 0.25) is 0 Å². The summed E-state index contributed by atoms with van der Waals surface area (Å²) in [6, 6.07) is 33.0. The van der Waals surface area contributed by atoms with Crippen LogP contribution in [0.15, 0.2) is 91.0 Å². The first-order chi connectivity index (χ1) is 12.8. The van der Waals surface area contributed by atoms with Gasteiger partial charge in [-0.1, -0.05) is 0 Å². The summed E-state index contributed by atoms with van der Waals surface area (Å²) < 4.78 is 1.50. The van der Waals surface area contributed by atoms with Crippen LogP contribution >= 0.6 is 0 Å². The minimum absolute atomic E-state index is 0. The van der Waals surface area contributed by atoms with Gasteiger partial charge in [-0.15, -0.1) is 0 Å². The molecule has 4 aromatic rings. The molecule has 0 spiro atoms. The van der Waals surface area contributed by atoms with E-state index in [1.54, 1.807) is 0 Å². The molecule has 0 fully saturated rings. The predicted octanol–water partition coefficient (Wildman–Crippen LogP) is -0.228. The van der Waals surface area contributed by atoms with Crippen LogP contribution < -0.4 is 28.1 Å². The zero-order valence-corrected chi connectivity index (χ0v) is 19.1. The molecule has 4 aromatic carbocycles. The Morgan fingerprint density at radius 3 is 1.79 bits per heavy atom. The van der Waals surface area contributed by atoms with Crippen molar-refractivity contribution in [3.05, 3.63) is 102 Å². The van der Waals surface area contributed by atoms with Crippen molar-refractivity contribution in [1.82, 2.24) is 0 Å². The Hall–Kier alpha value is -1.66. The molecule has 0 amide bonds. The number of halogens is 2. The maximum atomic E-state index is 2.38. The van der Waals surface area contributed by atoms with Crippen molar-refractivity contribution in [3.63, 3.8) is 0 Å². The molecule has 0 unspecified atom stereocenters. The molecule has 1 aliphatic carbocycles. The summed E-state index contributed by atoms with van der Waals surface area (Å²) in [5.74, 6) is 0. The van der Waals surface area contributed by atoms with Crippen LogP contribution in [0.2, 0.25) is 0 Å². The fourth-order valence-corrected chi connectivity index (χ4v) is 5.05. The standard InChI is InChI=1S/C25H17.2ClH.Zr/c1-3-7-18(8-4-1)20-11-13-24-22(15-20)17-23-16-21(12-14-25(23)24)19-9-5-2-6-10-19;;;/h1-15H,17H2;2*1H;/q;;;+2/p-2. The van der Waals surface area contributed by atoms with Crippen molar-refractivity contribution in [2.24, 2.45) is 0 Å². The van der Waals surface area contributed by atoms with E-state index in [1.807, 2.05) is 0 Å². The summed E-state index contributed by atoms with van der Waals surface area (Å²) in [5.41, 5.74) is 11.1. The number of hydrogen-bond donors (Lipinski definition) is 0. The average Bonchev–Trinajstić information content (AvgIpc) is 3.08. The first kappa shape index (κ1) is 21.1. The molecule has 0 saturated carbocycles. The third-order valence-electron chi connectivity index (χ3n) is 5.27. The summed E-state index contributed by atoms with van der Waals surface area (Å²) in [6.45, 7) is 0. The minimum atomic E-state index is 0. The normalized spacial score (nSPS) is 11.1. The van der Waals surface area contributed by atoms with Crippen LogP contribution in [0, 0.1) is 0 Å². The molecule has 0 nitrogen and oxygen atoms in total. The molecular formula is C25H17Cl2Zr. The molecule has 0 radical (unpaired) electrons. The van der Waals surface area contributed by atoms with Crippen molar-refractivity contribution in [3.8, 4) is 33.4 Å². The second-order valence-corrected chi connectivity index (χ2v) is 8.02. The molecule has 0 N–H and O–H groups in total. The van der Waals surface area contributed by atoms with Crippen LogP contribution in [-0.4, -0.2) is 0 Å². The average molecular weight is 480 g/mol. The van der Waals surface area contributed by atoms with E-state index in [0.29, 0.717) is 0 Å². The summed E-state index contributed by atoms with van der Waals surface area (Å²) >= 11 is 1.49. The van der Waals surface area contributed by atoms with Gasteiger partial charge in [-0.25, -0.2) is 0 Å². The Kier molecular flexibility index (Phi) is 6.61. The Morgan fingerprint density at radius 2 is 1.11 bits per heavy atom. The second-order valence-electron chi connectivity index (χ2n) is 6.79. The van der Waals surface area contributed by atoms with Gasteiger partial charge in [-0.3, -0.25) is 0 Å². The number of fused-ring (bicyclic) bond motifs is 3. The van der Waals surface area contributed by atoms with Gasteiger partial charge >= 0.3 is 170 Å². The second kappa shape index (κ2) is 8.79. The van der Waals surface area contributed by atoms with Crippen LogP contribution in [0.3, 0.4) is 0 Å². The zero-order chi connectivity index (χ0) is 17.5. The Bertz CT molecular complexity index is 1110. The third kappa shape index (κ3) is 3.64. The molecule has 0 saturated heterocycles. The van der Waals surface area contributed by atoms with Crippen LogP contribution in [0.5, 0.6) is 0 Å². The van der Waals surface area contributed by atoms with E-state index in [0.717, 1.165) is 6.42 Å². The van der Waals surface area contributed by atoms with E-state index < -0.39 is 0 Å². The van der Waals surface area contributed by atoms with Gasteiger partial charge in [-0.05, 0) is 0 Å². The van der Waals surface area contributed by atoms with E-state index in [1.165, 1.54) is 72.5 Å². The van der Waals surface area contributed by atoms with Crippen molar-refractivity contribution >= 4 is 3.27 Å². The van der Waals surface area contributed by atoms with Crippen LogP contribution in [0.4, 0.5) is 0 Å². The van der Waals surface area contributed by atoms with Gasteiger partial charge in [0.15, 0.2) is 0 Å². The molecule has 0 aliphatic heterocycles. The monoisotopic (exact) mass is 477 g/mol. The SMILES string of the molecule is [Cl-].[Cl-].[Zr+2][c]1c(-c2ccccc2)ccc2c1Cc1cc(-c3ccccc3)ccc1-2. The van der Waals surface area contributed by atoms with E-state index in [-0.39, 0.29) is 24.8 Å². The van der Waals surface area contributed by atoms with Gasteiger partial charge in [0.05, 0.1) is 0 Å². The molecule has 135 valence electrons. The fourth-order valence-electron chi connectivity index (χ4n) is 3.95. The number of hydrogen-bond acceptors (Lipinski definition) is 0.